The third kappa shape index (κ3) is 11.0. The summed E-state index contributed by atoms with van der Waals surface area (Å²) in [5.74, 6) is 0.653. The molecular weight excluding hydrogens is 400 g/mol. The van der Waals surface area contributed by atoms with Crippen molar-refractivity contribution >= 4 is 0 Å². The van der Waals surface area contributed by atoms with Crippen molar-refractivity contribution in [1.82, 2.24) is 0 Å². The fourth-order valence-electron chi connectivity index (χ4n) is 0.951. The molecule has 0 saturated carbocycles. The predicted molar refractivity (Wildman–Crippen MR) is 63.4 cm³/mol. The molecule has 95 valence electrons. The molecule has 0 fully saturated rings. The van der Waals surface area contributed by atoms with Crippen molar-refractivity contribution in [3.8, 4) is 0 Å². The molecule has 4 heteroatoms. The normalized spacial score (nSPS) is 8.38. The number of rotatable bonds is 2. The van der Waals surface area contributed by atoms with Crippen LogP contribution in [0.4, 0.5) is 0 Å². The molecule has 0 heterocycles. The zero-order chi connectivity index (χ0) is 11.0. The van der Waals surface area contributed by atoms with Crippen LogP contribution < -0.4 is 35.4 Å². The average Bonchev–Trinajstić information content (AvgIpc) is 2.19. The van der Waals surface area contributed by atoms with E-state index in [9.17, 15) is 0 Å². The van der Waals surface area contributed by atoms with Gasteiger partial charge in [-0.15, -0.1) is 0 Å². The number of benzene rings is 1. The van der Waals surface area contributed by atoms with Crippen molar-refractivity contribution in [3.05, 3.63) is 35.4 Å². The molecule has 1 rings (SSSR count). The Labute approximate surface area is 129 Å². The Morgan fingerprint density at radius 2 is 1.38 bits per heavy atom. The second-order valence-electron chi connectivity index (χ2n) is 3.64. The Kier molecular flexibility index (Phi) is 18.4. The third-order valence-corrected chi connectivity index (χ3v) is 1.91. The van der Waals surface area contributed by atoms with Gasteiger partial charge in [-0.05, 0) is 18.4 Å². The summed E-state index contributed by atoms with van der Waals surface area (Å²) in [4.78, 5) is 0. The van der Waals surface area contributed by atoms with E-state index in [2.05, 4.69) is 45.0 Å². The van der Waals surface area contributed by atoms with E-state index in [0.29, 0.717) is 19.0 Å². The number of hydrogen-bond donors (Lipinski definition) is 2. The summed E-state index contributed by atoms with van der Waals surface area (Å²) in [5, 5.41) is 0. The van der Waals surface area contributed by atoms with E-state index < -0.39 is 0 Å². The Morgan fingerprint density at radius 1 is 1.00 bits per heavy atom. The van der Waals surface area contributed by atoms with Gasteiger partial charge < -0.3 is 35.4 Å². The summed E-state index contributed by atoms with van der Waals surface area (Å²) < 4.78 is 0. The van der Waals surface area contributed by atoms with Crippen LogP contribution in [-0.4, -0.2) is 13.1 Å². The molecule has 0 unspecified atom stereocenters. The Bertz CT molecular complexity index is 235. The molecule has 0 saturated heterocycles. The van der Waals surface area contributed by atoms with Crippen molar-refractivity contribution in [1.29, 1.82) is 0 Å². The van der Waals surface area contributed by atoms with Gasteiger partial charge in [-0.25, -0.2) is 0 Å². The molecule has 0 bridgehead atoms. The largest absolute Gasteiger partial charge is 1.00 e. The average molecular weight is 422 g/mol. The Hall–Kier alpha value is 0.493. The minimum Gasteiger partial charge on any atom is -1.00 e. The Morgan fingerprint density at radius 3 is 1.62 bits per heavy atom. The van der Waals surface area contributed by atoms with E-state index in [4.69, 9.17) is 11.5 Å². The summed E-state index contributed by atoms with van der Waals surface area (Å²) in [6, 6.07) is 8.71. The van der Waals surface area contributed by atoms with Crippen LogP contribution in [0, 0.1) is 6.92 Å². The van der Waals surface area contributed by atoms with Gasteiger partial charge in [-0.1, -0.05) is 43.7 Å². The quantitative estimate of drug-likeness (QED) is 0.476. The van der Waals surface area contributed by atoms with Crippen molar-refractivity contribution in [2.75, 3.05) is 13.1 Å². The van der Waals surface area contributed by atoms with E-state index in [0.717, 1.165) is 0 Å². The van der Waals surface area contributed by atoms with Crippen LogP contribution in [0.25, 0.3) is 0 Å². The zero-order valence-corrected chi connectivity index (χ0v) is 14.1. The van der Waals surface area contributed by atoms with Gasteiger partial charge in [-0.2, -0.15) is 0 Å². The van der Waals surface area contributed by atoms with Gasteiger partial charge in [0.05, 0.1) is 0 Å². The second kappa shape index (κ2) is 13.6. The maximum absolute atomic E-state index is 4.90. The van der Waals surface area contributed by atoms with Crippen molar-refractivity contribution in [2.24, 2.45) is 11.5 Å². The van der Waals surface area contributed by atoms with E-state index >= 15 is 0 Å². The number of nitrogens with two attached hydrogens (primary N) is 2. The minimum atomic E-state index is 0. The summed E-state index contributed by atoms with van der Waals surface area (Å²) in [6.07, 6.45) is 0. The molecule has 0 aromatic heterocycles. The van der Waals surface area contributed by atoms with Crippen molar-refractivity contribution in [3.63, 3.8) is 0 Å². The fourth-order valence-corrected chi connectivity index (χ4v) is 0.951. The molecule has 4 N–H and O–H groups in total. The number of aryl methyl sites for hydroxylation is 1. The molecule has 0 amide bonds. The van der Waals surface area contributed by atoms with Gasteiger partial charge in [0.2, 0.25) is 0 Å². The van der Waals surface area contributed by atoms with Crippen LogP contribution in [0.5, 0.6) is 0 Å². The summed E-state index contributed by atoms with van der Waals surface area (Å²) >= 11 is 0. The number of halogens is 1. The molecule has 0 aliphatic carbocycles. The first-order chi connectivity index (χ1) is 6.61. The SMILES string of the molecule is Cc1ccc(C(C)C)cc1.NCCN.[I-].[Ru+]. The summed E-state index contributed by atoms with van der Waals surface area (Å²) in [5.41, 5.74) is 12.6. The molecule has 0 atom stereocenters. The molecular formula is C12H22IN2Ru. The summed E-state index contributed by atoms with van der Waals surface area (Å²) in [6.45, 7) is 7.74. The first kappa shape index (κ1) is 21.7. The molecule has 2 nitrogen and oxygen atoms in total. The zero-order valence-electron chi connectivity index (χ0n) is 10.2. The topological polar surface area (TPSA) is 52.0 Å². The van der Waals surface area contributed by atoms with Gasteiger partial charge in [0.15, 0.2) is 0 Å². The Balaban J connectivity index is -0.000000249. The van der Waals surface area contributed by atoms with Crippen LogP contribution >= 0.6 is 0 Å². The van der Waals surface area contributed by atoms with Crippen LogP contribution in [0.15, 0.2) is 24.3 Å². The van der Waals surface area contributed by atoms with E-state index in [1.54, 1.807) is 0 Å². The molecule has 1 aromatic rings. The van der Waals surface area contributed by atoms with E-state index in [-0.39, 0.29) is 43.5 Å². The van der Waals surface area contributed by atoms with Gasteiger partial charge in [0.1, 0.15) is 0 Å². The smallest absolute Gasteiger partial charge is 1.00 e. The molecule has 0 aliphatic rings. The van der Waals surface area contributed by atoms with Gasteiger partial charge in [0.25, 0.3) is 0 Å². The minimum absolute atomic E-state index is 0. The third-order valence-electron chi connectivity index (χ3n) is 1.91. The standard InChI is InChI=1S/C10H14.C2H8N2.HI.Ru/c1-8(2)10-6-4-9(3)5-7-10;3-1-2-4;;/h4-8H,1-3H3;1-4H2;1H;/q;;;+1/p-1. The summed E-state index contributed by atoms with van der Waals surface area (Å²) in [7, 11) is 0. The first-order valence-electron chi connectivity index (χ1n) is 5.08. The van der Waals surface area contributed by atoms with Crippen LogP contribution in [0.3, 0.4) is 0 Å². The first-order valence-corrected chi connectivity index (χ1v) is 5.08. The molecule has 1 radical (unpaired) electrons. The van der Waals surface area contributed by atoms with Crippen molar-refractivity contribution in [2.45, 2.75) is 26.7 Å². The fraction of sp³-hybridized carbons (Fsp3) is 0.500. The van der Waals surface area contributed by atoms with Crippen LogP contribution in [0.1, 0.15) is 30.9 Å². The van der Waals surface area contributed by atoms with Gasteiger partial charge >= 0.3 is 19.5 Å². The molecule has 0 aliphatic heterocycles. The maximum atomic E-state index is 4.90. The van der Waals surface area contributed by atoms with Crippen molar-refractivity contribution < 1.29 is 43.5 Å². The molecule has 1 aromatic carbocycles. The van der Waals surface area contributed by atoms with E-state index in [1.807, 2.05) is 0 Å². The number of hydrogen-bond acceptors (Lipinski definition) is 2. The van der Waals surface area contributed by atoms with Crippen LogP contribution in [0.2, 0.25) is 0 Å². The van der Waals surface area contributed by atoms with Gasteiger partial charge in [0, 0.05) is 13.1 Å². The molecule has 16 heavy (non-hydrogen) atoms. The van der Waals surface area contributed by atoms with Crippen LogP contribution in [-0.2, 0) is 19.5 Å². The maximum Gasteiger partial charge on any atom is 1.00 e. The van der Waals surface area contributed by atoms with E-state index in [1.165, 1.54) is 11.1 Å². The second-order valence-corrected chi connectivity index (χ2v) is 3.64. The van der Waals surface area contributed by atoms with Gasteiger partial charge in [-0.3, -0.25) is 0 Å². The predicted octanol–water partition coefficient (Wildman–Crippen LogP) is -0.976. The molecule has 0 spiro atoms. The monoisotopic (exact) mass is 423 g/mol.